The summed E-state index contributed by atoms with van der Waals surface area (Å²) >= 11 is 0. The van der Waals surface area contributed by atoms with Crippen molar-refractivity contribution in [2.45, 2.75) is 18.3 Å². The number of hydrogen-bond acceptors (Lipinski definition) is 8. The molecular weight excluding hydrogens is 336 g/mol. The quantitative estimate of drug-likeness (QED) is 0.288. The minimum Gasteiger partial charge on any atom is -0.394 e. The maximum atomic E-state index is 10.2. The number of nitrogens with zero attached hydrogens (tertiary/aromatic N) is 2. The average molecular weight is 358 g/mol. The van der Waals surface area contributed by atoms with Crippen LogP contribution in [0.2, 0.25) is 0 Å². The van der Waals surface area contributed by atoms with Gasteiger partial charge in [0.15, 0.2) is 0 Å². The molecule has 26 heavy (non-hydrogen) atoms. The SMILES string of the molecule is OCC(O)C(O)C(O)C(/C=N/Nc1ccccc1)=N\Nc1ccccc1. The molecule has 0 aromatic heterocycles. The summed E-state index contributed by atoms with van der Waals surface area (Å²) in [5, 5.41) is 46.7. The van der Waals surface area contributed by atoms with Gasteiger partial charge in [-0.15, -0.1) is 0 Å². The van der Waals surface area contributed by atoms with Crippen LogP contribution in [-0.2, 0) is 0 Å². The van der Waals surface area contributed by atoms with Gasteiger partial charge in [-0.1, -0.05) is 36.4 Å². The van der Waals surface area contributed by atoms with Gasteiger partial charge in [0.2, 0.25) is 0 Å². The number of para-hydroxylation sites is 2. The van der Waals surface area contributed by atoms with Gasteiger partial charge in [-0.2, -0.15) is 10.2 Å². The molecule has 0 aliphatic rings. The van der Waals surface area contributed by atoms with E-state index in [9.17, 15) is 15.3 Å². The molecule has 3 atom stereocenters. The summed E-state index contributed by atoms with van der Waals surface area (Å²) in [6.07, 6.45) is -3.47. The van der Waals surface area contributed by atoms with Gasteiger partial charge in [0.25, 0.3) is 0 Å². The first-order chi connectivity index (χ1) is 12.6. The van der Waals surface area contributed by atoms with Gasteiger partial charge in [0, 0.05) is 0 Å². The van der Waals surface area contributed by atoms with Gasteiger partial charge in [-0.05, 0) is 24.3 Å². The molecule has 8 nitrogen and oxygen atoms in total. The molecule has 2 aromatic carbocycles. The summed E-state index contributed by atoms with van der Waals surface area (Å²) in [5.41, 5.74) is 6.87. The van der Waals surface area contributed by atoms with Crippen LogP contribution in [0.15, 0.2) is 70.9 Å². The second kappa shape index (κ2) is 10.3. The van der Waals surface area contributed by atoms with E-state index in [2.05, 4.69) is 21.1 Å². The summed E-state index contributed by atoms with van der Waals surface area (Å²) in [7, 11) is 0. The first-order valence-corrected chi connectivity index (χ1v) is 7.99. The van der Waals surface area contributed by atoms with Crippen molar-refractivity contribution in [2.24, 2.45) is 10.2 Å². The number of nitrogens with one attached hydrogen (secondary N) is 2. The molecule has 6 N–H and O–H groups in total. The lowest BCUT2D eigenvalue weighted by Crippen LogP contribution is -2.44. The van der Waals surface area contributed by atoms with Crippen molar-refractivity contribution in [3.8, 4) is 0 Å². The Hall–Kier alpha value is -2.78. The van der Waals surface area contributed by atoms with Gasteiger partial charge >= 0.3 is 0 Å². The molecule has 8 heteroatoms. The van der Waals surface area contributed by atoms with Crippen LogP contribution in [0.25, 0.3) is 0 Å². The van der Waals surface area contributed by atoms with E-state index in [1.807, 2.05) is 36.4 Å². The molecule has 0 spiro atoms. The number of hydrogen-bond donors (Lipinski definition) is 6. The van der Waals surface area contributed by atoms with Gasteiger partial charge in [0.1, 0.15) is 24.0 Å². The third-order valence-corrected chi connectivity index (χ3v) is 3.46. The highest BCUT2D eigenvalue weighted by molar-refractivity contribution is 6.33. The number of aliphatic hydroxyl groups excluding tert-OH is 4. The van der Waals surface area contributed by atoms with Crippen LogP contribution >= 0.6 is 0 Å². The number of rotatable bonds is 9. The van der Waals surface area contributed by atoms with Crippen molar-refractivity contribution in [3.05, 3.63) is 60.7 Å². The average Bonchev–Trinajstić information content (AvgIpc) is 2.70. The highest BCUT2D eigenvalue weighted by Crippen LogP contribution is 2.08. The first-order valence-electron chi connectivity index (χ1n) is 7.99. The molecular formula is C18H22N4O4. The van der Waals surface area contributed by atoms with Crippen LogP contribution in [-0.4, -0.2) is 57.3 Å². The Kier molecular flexibility index (Phi) is 7.72. The number of anilines is 2. The molecule has 2 rings (SSSR count). The van der Waals surface area contributed by atoms with E-state index in [-0.39, 0.29) is 5.71 Å². The minimum absolute atomic E-state index is 0.0303. The number of aliphatic hydroxyl groups is 4. The lowest BCUT2D eigenvalue weighted by atomic mass is 10.0. The predicted molar refractivity (Wildman–Crippen MR) is 101 cm³/mol. The lowest BCUT2D eigenvalue weighted by molar-refractivity contribution is -0.0548. The van der Waals surface area contributed by atoms with E-state index < -0.39 is 24.9 Å². The Morgan fingerprint density at radius 1 is 0.885 bits per heavy atom. The van der Waals surface area contributed by atoms with Crippen molar-refractivity contribution < 1.29 is 20.4 Å². The molecule has 0 fully saturated rings. The molecule has 0 heterocycles. The zero-order valence-corrected chi connectivity index (χ0v) is 14.0. The maximum Gasteiger partial charge on any atom is 0.128 e. The molecule has 0 saturated carbocycles. The fraction of sp³-hybridized carbons (Fsp3) is 0.222. The van der Waals surface area contributed by atoms with Crippen molar-refractivity contribution in [2.75, 3.05) is 17.5 Å². The van der Waals surface area contributed by atoms with Crippen molar-refractivity contribution >= 4 is 23.3 Å². The van der Waals surface area contributed by atoms with Crippen LogP contribution < -0.4 is 10.9 Å². The molecule has 0 amide bonds. The molecule has 0 bridgehead atoms. The highest BCUT2D eigenvalue weighted by atomic mass is 16.4. The van der Waals surface area contributed by atoms with Gasteiger partial charge in [0.05, 0.1) is 24.2 Å². The van der Waals surface area contributed by atoms with Crippen LogP contribution in [0.1, 0.15) is 0 Å². The lowest BCUT2D eigenvalue weighted by Gasteiger charge is -2.21. The predicted octanol–water partition coefficient (Wildman–Crippen LogP) is 0.627. The fourth-order valence-electron chi connectivity index (χ4n) is 1.99. The van der Waals surface area contributed by atoms with E-state index in [4.69, 9.17) is 5.11 Å². The zero-order valence-electron chi connectivity index (χ0n) is 14.0. The highest BCUT2D eigenvalue weighted by Gasteiger charge is 2.27. The van der Waals surface area contributed by atoms with E-state index in [0.717, 1.165) is 5.69 Å². The Bertz CT molecular complexity index is 710. The molecule has 0 aliphatic heterocycles. The topological polar surface area (TPSA) is 130 Å². The Morgan fingerprint density at radius 3 is 1.96 bits per heavy atom. The largest absolute Gasteiger partial charge is 0.394 e. The molecule has 0 radical (unpaired) electrons. The molecule has 0 aliphatic carbocycles. The third-order valence-electron chi connectivity index (χ3n) is 3.46. The third kappa shape index (κ3) is 5.94. The van der Waals surface area contributed by atoms with Crippen molar-refractivity contribution in [1.29, 1.82) is 0 Å². The fourth-order valence-corrected chi connectivity index (χ4v) is 1.99. The Labute approximate surface area is 151 Å². The van der Waals surface area contributed by atoms with Gasteiger partial charge in [-0.3, -0.25) is 10.9 Å². The number of benzene rings is 2. The second-order valence-corrected chi connectivity index (χ2v) is 5.44. The minimum atomic E-state index is -1.63. The van der Waals surface area contributed by atoms with Crippen molar-refractivity contribution in [3.63, 3.8) is 0 Å². The molecule has 0 saturated heterocycles. The standard InChI is InChI=1S/C18H22N4O4/c23-12-16(24)18(26)17(25)15(22-21-14-9-5-2-6-10-14)11-19-20-13-7-3-1-4-8-13/h1-11,16-18,20-21,23-26H,12H2/b19-11+,22-15-. The van der Waals surface area contributed by atoms with E-state index in [1.165, 1.54) is 6.21 Å². The van der Waals surface area contributed by atoms with E-state index >= 15 is 0 Å². The smallest absolute Gasteiger partial charge is 0.128 e. The molecule has 138 valence electrons. The van der Waals surface area contributed by atoms with Crippen LogP contribution in [0, 0.1) is 0 Å². The Balaban J connectivity index is 2.14. The van der Waals surface area contributed by atoms with Crippen LogP contribution in [0.5, 0.6) is 0 Å². The maximum absolute atomic E-state index is 10.2. The van der Waals surface area contributed by atoms with Crippen molar-refractivity contribution in [1.82, 2.24) is 0 Å². The van der Waals surface area contributed by atoms with Gasteiger partial charge < -0.3 is 20.4 Å². The van der Waals surface area contributed by atoms with Crippen LogP contribution in [0.4, 0.5) is 11.4 Å². The summed E-state index contributed by atoms with van der Waals surface area (Å²) in [6.45, 7) is -0.697. The number of hydrazone groups is 2. The van der Waals surface area contributed by atoms with Gasteiger partial charge in [-0.25, -0.2) is 0 Å². The first kappa shape index (κ1) is 19.5. The monoisotopic (exact) mass is 358 g/mol. The van der Waals surface area contributed by atoms with E-state index in [0.29, 0.717) is 5.69 Å². The summed E-state index contributed by atoms with van der Waals surface area (Å²) in [6, 6.07) is 18.1. The normalized spacial score (nSPS) is 15.5. The van der Waals surface area contributed by atoms with Crippen LogP contribution in [0.3, 0.4) is 0 Å². The molecule has 2 aromatic rings. The summed E-state index contributed by atoms with van der Waals surface area (Å²) in [4.78, 5) is 0. The summed E-state index contributed by atoms with van der Waals surface area (Å²) < 4.78 is 0. The second-order valence-electron chi connectivity index (χ2n) is 5.44. The molecule has 3 unspecified atom stereocenters. The summed E-state index contributed by atoms with van der Waals surface area (Å²) in [5.74, 6) is 0. The van der Waals surface area contributed by atoms with E-state index in [1.54, 1.807) is 24.3 Å². The Morgan fingerprint density at radius 2 is 1.42 bits per heavy atom. The zero-order chi connectivity index (χ0) is 18.8.